The van der Waals surface area contributed by atoms with Gasteiger partial charge in [-0.2, -0.15) is 0 Å². The topological polar surface area (TPSA) is 196 Å². The van der Waals surface area contributed by atoms with Gasteiger partial charge in [-0.05, 0) is 67.3 Å². The van der Waals surface area contributed by atoms with Gasteiger partial charge in [0, 0.05) is 29.7 Å². The van der Waals surface area contributed by atoms with E-state index in [2.05, 4.69) is 5.32 Å². The van der Waals surface area contributed by atoms with Gasteiger partial charge in [-0.25, -0.2) is 9.59 Å². The Morgan fingerprint density at radius 2 is 1.48 bits per heavy atom. The van der Waals surface area contributed by atoms with Gasteiger partial charge >= 0.3 is 11.9 Å². The number of Topliss-reactive ketones (excluding diaryl/α,β-unsaturated/α-hetero) is 1. The Hall–Kier alpha value is -4.10. The first-order chi connectivity index (χ1) is 30.5. The minimum absolute atomic E-state index is 0.0600. The molecule has 1 amide bonds. The minimum Gasteiger partial charge on any atom is -0.456 e. The maximum absolute atomic E-state index is 15.3. The Balaban J connectivity index is 1.35. The molecule has 0 spiro atoms. The van der Waals surface area contributed by atoms with E-state index in [0.717, 1.165) is 0 Å². The Labute approximate surface area is 381 Å². The molecule has 9 unspecified atom stereocenters. The summed E-state index contributed by atoms with van der Waals surface area (Å²) >= 11 is 2.76. The van der Waals surface area contributed by atoms with Crippen molar-refractivity contribution in [3.63, 3.8) is 0 Å². The number of aliphatic hydroxyl groups is 3. The van der Waals surface area contributed by atoms with Crippen LogP contribution in [0.4, 0.5) is 0 Å². The van der Waals surface area contributed by atoms with Gasteiger partial charge in [0.05, 0.1) is 47.7 Å². The van der Waals surface area contributed by atoms with Crippen molar-refractivity contribution in [2.24, 2.45) is 16.7 Å². The Morgan fingerprint density at radius 3 is 2.08 bits per heavy atom. The Kier molecular flexibility index (Phi) is 14.5. The molecule has 2 bridgehead atoms. The number of hydrogen-bond donors (Lipinski definition) is 4. The maximum atomic E-state index is 15.3. The molecule has 1 heterocycles. The molecule has 3 aromatic carbocycles. The van der Waals surface area contributed by atoms with Crippen LogP contribution >= 0.6 is 23.5 Å². The van der Waals surface area contributed by atoms with Gasteiger partial charge < -0.3 is 49.1 Å². The SMILES string of the molecule is CSCOCOC(C(=O)OC1CC2(O)C(OC(=O)c3ccccc3)C3[C@]4(O)COC4CC(OCSC)[C@@]3(C)C(=O)C(O)C(=C1C)C2(C)C)C(NC(=O)c1ccccc1)c1ccccc1. The van der Waals surface area contributed by atoms with E-state index in [0.29, 0.717) is 11.1 Å². The van der Waals surface area contributed by atoms with Crippen LogP contribution in [0, 0.1) is 16.7 Å². The van der Waals surface area contributed by atoms with Crippen molar-refractivity contribution in [3.05, 3.63) is 119 Å². The lowest BCUT2D eigenvalue weighted by atomic mass is 9.44. The van der Waals surface area contributed by atoms with Crippen LogP contribution in [0.25, 0.3) is 0 Å². The molecular formula is C48H57NO13S2. The third-order valence-electron chi connectivity index (χ3n) is 13.8. The number of carbonyl (C=O) groups is 4. The number of nitrogens with one attached hydrogen (secondary N) is 1. The molecule has 3 aliphatic carbocycles. The van der Waals surface area contributed by atoms with Gasteiger partial charge in [-0.3, -0.25) is 9.59 Å². The van der Waals surface area contributed by atoms with E-state index < -0.39 is 101 Å². The second kappa shape index (κ2) is 19.4. The second-order valence-corrected chi connectivity index (χ2v) is 19.3. The van der Waals surface area contributed by atoms with Crippen molar-refractivity contribution in [2.75, 3.05) is 37.8 Å². The summed E-state index contributed by atoms with van der Waals surface area (Å²) in [6.45, 7) is 5.86. The summed E-state index contributed by atoms with van der Waals surface area (Å²) in [4.78, 5) is 58.3. The van der Waals surface area contributed by atoms with Crippen molar-refractivity contribution in [1.29, 1.82) is 0 Å². The van der Waals surface area contributed by atoms with Crippen molar-refractivity contribution < 1.29 is 62.9 Å². The molecule has 1 saturated heterocycles. The van der Waals surface area contributed by atoms with Crippen LogP contribution in [0.5, 0.6) is 0 Å². The zero-order valence-electron chi connectivity index (χ0n) is 36.8. The van der Waals surface area contributed by atoms with Crippen LogP contribution in [-0.4, -0.2) is 125 Å². The number of carbonyl (C=O) groups excluding carboxylic acids is 4. The summed E-state index contributed by atoms with van der Waals surface area (Å²) in [5.74, 6) is -4.01. The Morgan fingerprint density at radius 1 is 0.875 bits per heavy atom. The average Bonchev–Trinajstić information content (AvgIpc) is 3.29. The summed E-state index contributed by atoms with van der Waals surface area (Å²) in [6.07, 6.45) is -4.93. The van der Waals surface area contributed by atoms with Crippen molar-refractivity contribution in [2.45, 2.75) is 94.4 Å². The highest BCUT2D eigenvalue weighted by Crippen LogP contribution is 2.63. The Bertz CT molecular complexity index is 2190. The number of hydrogen-bond acceptors (Lipinski definition) is 15. The van der Waals surface area contributed by atoms with Crippen molar-refractivity contribution >= 4 is 47.2 Å². The van der Waals surface area contributed by atoms with E-state index in [1.54, 1.807) is 119 Å². The van der Waals surface area contributed by atoms with Crippen molar-refractivity contribution in [1.82, 2.24) is 5.32 Å². The highest BCUT2D eigenvalue weighted by Gasteiger charge is 2.76. The van der Waals surface area contributed by atoms with E-state index in [1.165, 1.54) is 23.5 Å². The monoisotopic (exact) mass is 919 g/mol. The smallest absolute Gasteiger partial charge is 0.338 e. The van der Waals surface area contributed by atoms with E-state index >= 15 is 4.79 Å². The van der Waals surface area contributed by atoms with E-state index in [-0.39, 0.29) is 48.4 Å². The summed E-state index contributed by atoms with van der Waals surface area (Å²) in [5, 5.41) is 41.8. The summed E-state index contributed by atoms with van der Waals surface area (Å²) in [7, 11) is 0. The number of esters is 2. The van der Waals surface area contributed by atoms with Gasteiger partial charge in [0.2, 0.25) is 0 Å². The largest absolute Gasteiger partial charge is 0.456 e. The number of thioether (sulfide) groups is 2. The summed E-state index contributed by atoms with van der Waals surface area (Å²) in [6, 6.07) is 24.2. The molecule has 1 aliphatic heterocycles. The van der Waals surface area contributed by atoms with Crippen LogP contribution in [0.3, 0.4) is 0 Å². The average molecular weight is 920 g/mol. The van der Waals surface area contributed by atoms with E-state index in [4.69, 9.17) is 28.4 Å². The molecule has 14 nitrogen and oxygen atoms in total. The quantitative estimate of drug-likeness (QED) is 0.0629. The lowest BCUT2D eigenvalue weighted by Crippen LogP contribution is -2.81. The highest BCUT2D eigenvalue weighted by atomic mass is 32.2. The van der Waals surface area contributed by atoms with E-state index in [1.807, 2.05) is 12.5 Å². The first-order valence-electron chi connectivity index (χ1n) is 21.2. The normalized spacial score (nSPS) is 31.5. The molecule has 7 rings (SSSR count). The fourth-order valence-corrected chi connectivity index (χ4v) is 10.8. The summed E-state index contributed by atoms with van der Waals surface area (Å²) < 4.78 is 36.9. The number of benzene rings is 3. The predicted octanol–water partition coefficient (Wildman–Crippen LogP) is 5.26. The minimum atomic E-state index is -2.25. The summed E-state index contributed by atoms with van der Waals surface area (Å²) in [5.41, 5.74) is -6.05. The molecular weight excluding hydrogens is 863 g/mol. The van der Waals surface area contributed by atoms with Crippen LogP contribution in [0.15, 0.2) is 102 Å². The zero-order valence-corrected chi connectivity index (χ0v) is 38.4. The molecule has 4 N–H and O–H groups in total. The number of ketones is 1. The van der Waals surface area contributed by atoms with Gasteiger partial charge in [0.15, 0.2) is 11.9 Å². The number of ether oxygens (including phenoxy) is 6. The van der Waals surface area contributed by atoms with Gasteiger partial charge in [-0.15, -0.1) is 23.5 Å². The molecule has 64 heavy (non-hydrogen) atoms. The number of amides is 1. The lowest BCUT2D eigenvalue weighted by molar-refractivity contribution is -0.345. The number of fused-ring (bicyclic) bond motifs is 5. The predicted molar refractivity (Wildman–Crippen MR) is 239 cm³/mol. The molecule has 0 aromatic heterocycles. The second-order valence-electron chi connectivity index (χ2n) is 17.6. The fraction of sp³-hybridized carbons (Fsp3) is 0.500. The fourth-order valence-electron chi connectivity index (χ4n) is 10.3. The lowest BCUT2D eigenvalue weighted by Gasteiger charge is -2.67. The molecule has 11 atom stereocenters. The van der Waals surface area contributed by atoms with Crippen LogP contribution in [0.1, 0.15) is 72.9 Å². The van der Waals surface area contributed by atoms with Gasteiger partial charge in [0.1, 0.15) is 36.3 Å². The number of rotatable bonds is 16. The molecule has 4 aliphatic rings. The molecule has 2 saturated carbocycles. The third-order valence-corrected chi connectivity index (χ3v) is 14.6. The molecule has 0 radical (unpaired) electrons. The molecule has 344 valence electrons. The standard InChI is InChI=1S/C48H57NO13S2/c1-28-32(61-44(54)38(59-25-57-26-63-5)36(29-16-10-7-11-17-29)49-42(52)30-18-12-8-13-19-30)23-48(56)41(62-43(53)31-20-14-9-15-21-31)39-46(4,40(51)37(50)35(28)45(48,2)3)33(60-27-64-6)22-34-47(39,55)24-58-34/h7-21,32-34,36-39,41,50,55-56H,22-27H2,1-6H3,(H,49,52)/t32?,33?,34?,36?,37?,38?,39?,41?,46-,47+,48?/m1/s1. The van der Waals surface area contributed by atoms with Gasteiger partial charge in [0.25, 0.3) is 5.91 Å². The molecule has 3 fully saturated rings. The molecule has 16 heteroatoms. The highest BCUT2D eigenvalue weighted by molar-refractivity contribution is 7.98. The van der Waals surface area contributed by atoms with Gasteiger partial charge in [-0.1, -0.05) is 80.6 Å². The number of aliphatic hydroxyl groups excluding tert-OH is 1. The van der Waals surface area contributed by atoms with Crippen molar-refractivity contribution in [3.8, 4) is 0 Å². The first kappa shape index (κ1) is 47.9. The first-order valence-corrected chi connectivity index (χ1v) is 24.0. The van der Waals surface area contributed by atoms with Crippen LogP contribution in [-0.2, 0) is 38.0 Å². The zero-order chi connectivity index (χ0) is 46.0. The van der Waals surface area contributed by atoms with Crippen LogP contribution < -0.4 is 5.32 Å². The third kappa shape index (κ3) is 8.57. The van der Waals surface area contributed by atoms with Crippen LogP contribution in [0.2, 0.25) is 0 Å². The van der Waals surface area contributed by atoms with E-state index in [9.17, 15) is 29.7 Å². The maximum Gasteiger partial charge on any atom is 0.338 e. The molecule has 3 aromatic rings.